The van der Waals surface area contributed by atoms with Gasteiger partial charge in [0.25, 0.3) is 0 Å². The quantitative estimate of drug-likeness (QED) is 0.862. The zero-order valence-electron chi connectivity index (χ0n) is 11.7. The van der Waals surface area contributed by atoms with Gasteiger partial charge in [0.15, 0.2) is 0 Å². The second-order valence-corrected chi connectivity index (χ2v) is 5.08. The van der Waals surface area contributed by atoms with Gasteiger partial charge in [0.05, 0.1) is 12.2 Å². The van der Waals surface area contributed by atoms with Crippen LogP contribution in [0, 0.1) is 11.6 Å². The molecule has 0 aliphatic heterocycles. The van der Waals surface area contributed by atoms with E-state index in [2.05, 4.69) is 0 Å². The summed E-state index contributed by atoms with van der Waals surface area (Å²) in [6.07, 6.45) is -2.45. The molecular weight excluding hydrogens is 290 g/mol. The van der Waals surface area contributed by atoms with Crippen LogP contribution in [0.1, 0.15) is 36.2 Å². The maximum absolute atomic E-state index is 12.8. The molecule has 0 aliphatic carbocycles. The number of aliphatic hydroxyl groups excluding tert-OH is 2. The smallest absolute Gasteiger partial charge is 0.138 e. The van der Waals surface area contributed by atoms with Gasteiger partial charge < -0.3 is 10.2 Å². The fourth-order valence-corrected chi connectivity index (χ4v) is 2.12. The summed E-state index contributed by atoms with van der Waals surface area (Å²) in [5.74, 6) is -1.18. The van der Waals surface area contributed by atoms with Gasteiger partial charge in [0.1, 0.15) is 17.4 Å². The maximum Gasteiger partial charge on any atom is 0.138 e. The minimum absolute atomic E-state index is 0.177. The van der Waals surface area contributed by atoms with Crippen molar-refractivity contribution in [1.29, 1.82) is 0 Å². The Morgan fingerprint density at radius 2 is 1.09 bits per heavy atom. The Kier molecular flexibility index (Phi) is 5.35. The molecule has 0 saturated heterocycles. The van der Waals surface area contributed by atoms with E-state index in [0.29, 0.717) is 11.1 Å². The van der Waals surface area contributed by atoms with Crippen LogP contribution in [0.2, 0.25) is 0 Å². The summed E-state index contributed by atoms with van der Waals surface area (Å²) >= 11 is 0. The Morgan fingerprint density at radius 1 is 0.773 bits per heavy atom. The Balaban J connectivity index is 1.91. The van der Waals surface area contributed by atoms with E-state index in [1.165, 1.54) is 48.5 Å². The van der Waals surface area contributed by atoms with E-state index in [0.717, 1.165) is 0 Å². The molecule has 2 aromatic rings. The lowest BCUT2D eigenvalue weighted by molar-refractivity contribution is -0.123. The van der Waals surface area contributed by atoms with E-state index in [1.54, 1.807) is 0 Å². The Labute approximate surface area is 126 Å². The van der Waals surface area contributed by atoms with Crippen LogP contribution in [0.25, 0.3) is 0 Å². The first-order valence-electron chi connectivity index (χ1n) is 6.84. The molecule has 0 aromatic heterocycles. The van der Waals surface area contributed by atoms with Crippen molar-refractivity contribution in [2.45, 2.75) is 25.0 Å². The van der Waals surface area contributed by atoms with Crippen LogP contribution in [0.5, 0.6) is 0 Å². The molecule has 2 unspecified atom stereocenters. The third kappa shape index (κ3) is 4.44. The van der Waals surface area contributed by atoms with E-state index in [-0.39, 0.29) is 18.6 Å². The Morgan fingerprint density at radius 3 is 1.41 bits per heavy atom. The summed E-state index contributed by atoms with van der Waals surface area (Å²) < 4.78 is 25.6. The van der Waals surface area contributed by atoms with Crippen LogP contribution in [0.15, 0.2) is 48.5 Å². The maximum atomic E-state index is 12.8. The van der Waals surface area contributed by atoms with Crippen molar-refractivity contribution >= 4 is 5.78 Å². The highest BCUT2D eigenvalue weighted by Gasteiger charge is 2.17. The SMILES string of the molecule is O=C(CC(O)c1ccc(F)cc1)CC(O)c1ccc(F)cc1. The van der Waals surface area contributed by atoms with Gasteiger partial charge >= 0.3 is 0 Å². The number of carbonyl (C=O) groups excluding carboxylic acids is 1. The van der Waals surface area contributed by atoms with Gasteiger partial charge in [-0.25, -0.2) is 8.78 Å². The molecular formula is C17H16F2O3. The molecule has 0 aliphatic rings. The van der Waals surface area contributed by atoms with Crippen molar-refractivity contribution in [3.63, 3.8) is 0 Å². The summed E-state index contributed by atoms with van der Waals surface area (Å²) in [6.45, 7) is 0. The van der Waals surface area contributed by atoms with Gasteiger partial charge in [-0.15, -0.1) is 0 Å². The summed E-state index contributed by atoms with van der Waals surface area (Å²) in [4.78, 5) is 11.9. The van der Waals surface area contributed by atoms with Gasteiger partial charge in [-0.3, -0.25) is 4.79 Å². The van der Waals surface area contributed by atoms with Crippen LogP contribution in [0.4, 0.5) is 8.78 Å². The van der Waals surface area contributed by atoms with E-state index < -0.39 is 23.8 Å². The standard InChI is InChI=1S/C17H16F2O3/c18-13-5-1-11(2-6-13)16(21)9-15(20)10-17(22)12-3-7-14(19)8-4-12/h1-8,16-17,21-22H,9-10H2. The minimum Gasteiger partial charge on any atom is -0.388 e. The molecule has 0 bridgehead atoms. The average molecular weight is 306 g/mol. The normalized spacial score (nSPS) is 13.6. The molecule has 2 aromatic carbocycles. The minimum atomic E-state index is -1.05. The van der Waals surface area contributed by atoms with E-state index >= 15 is 0 Å². The number of ketones is 1. The van der Waals surface area contributed by atoms with Gasteiger partial charge in [-0.05, 0) is 35.4 Å². The lowest BCUT2D eigenvalue weighted by Gasteiger charge is -2.13. The van der Waals surface area contributed by atoms with Crippen molar-refractivity contribution in [2.24, 2.45) is 0 Å². The highest BCUT2D eigenvalue weighted by atomic mass is 19.1. The van der Waals surface area contributed by atoms with Crippen LogP contribution in [-0.2, 0) is 4.79 Å². The van der Waals surface area contributed by atoms with E-state index in [4.69, 9.17) is 0 Å². The molecule has 0 saturated carbocycles. The molecule has 0 radical (unpaired) electrons. The van der Waals surface area contributed by atoms with Crippen molar-refractivity contribution in [1.82, 2.24) is 0 Å². The number of Topliss-reactive ketones (excluding diaryl/α,β-unsaturated/α-hetero) is 1. The topological polar surface area (TPSA) is 57.5 Å². The second kappa shape index (κ2) is 7.24. The number of hydrogen-bond donors (Lipinski definition) is 2. The predicted molar refractivity (Wildman–Crippen MR) is 77.0 cm³/mol. The molecule has 0 fully saturated rings. The number of hydrogen-bond acceptors (Lipinski definition) is 3. The highest BCUT2D eigenvalue weighted by Crippen LogP contribution is 2.22. The lowest BCUT2D eigenvalue weighted by atomic mass is 9.98. The number of halogens is 2. The average Bonchev–Trinajstić information content (AvgIpc) is 2.48. The first-order chi connectivity index (χ1) is 10.5. The molecule has 2 N–H and O–H groups in total. The number of carbonyl (C=O) groups is 1. The summed E-state index contributed by atoms with van der Waals surface area (Å²) in [6, 6.07) is 10.4. The number of benzene rings is 2. The first-order valence-corrected chi connectivity index (χ1v) is 6.84. The van der Waals surface area contributed by atoms with Crippen molar-refractivity contribution in [3.05, 3.63) is 71.3 Å². The fourth-order valence-electron chi connectivity index (χ4n) is 2.12. The summed E-state index contributed by atoms with van der Waals surface area (Å²) in [5.41, 5.74) is 0.872. The fraction of sp³-hybridized carbons (Fsp3) is 0.235. The predicted octanol–water partition coefficient (Wildman–Crippen LogP) is 3.08. The van der Waals surface area contributed by atoms with Crippen molar-refractivity contribution in [3.8, 4) is 0 Å². The van der Waals surface area contributed by atoms with Crippen molar-refractivity contribution < 1.29 is 23.8 Å². The zero-order valence-corrected chi connectivity index (χ0v) is 11.7. The molecule has 116 valence electrons. The molecule has 0 spiro atoms. The molecule has 3 nitrogen and oxygen atoms in total. The molecule has 0 heterocycles. The van der Waals surface area contributed by atoms with Gasteiger partial charge in [0, 0.05) is 12.8 Å². The first kappa shape index (κ1) is 16.3. The Hall–Kier alpha value is -2.11. The molecule has 22 heavy (non-hydrogen) atoms. The number of rotatable bonds is 6. The zero-order chi connectivity index (χ0) is 16.1. The summed E-state index contributed by atoms with van der Waals surface area (Å²) in [7, 11) is 0. The van der Waals surface area contributed by atoms with Crippen LogP contribution >= 0.6 is 0 Å². The monoisotopic (exact) mass is 306 g/mol. The number of aliphatic hydroxyl groups is 2. The van der Waals surface area contributed by atoms with E-state index in [1.807, 2.05) is 0 Å². The third-order valence-electron chi connectivity index (χ3n) is 3.35. The molecule has 5 heteroatoms. The molecule has 2 atom stereocenters. The lowest BCUT2D eigenvalue weighted by Crippen LogP contribution is -2.11. The third-order valence-corrected chi connectivity index (χ3v) is 3.35. The second-order valence-electron chi connectivity index (χ2n) is 5.08. The van der Waals surface area contributed by atoms with Crippen molar-refractivity contribution in [2.75, 3.05) is 0 Å². The molecule has 0 amide bonds. The highest BCUT2D eigenvalue weighted by molar-refractivity contribution is 5.79. The van der Waals surface area contributed by atoms with E-state index in [9.17, 15) is 23.8 Å². The van der Waals surface area contributed by atoms with Crippen LogP contribution < -0.4 is 0 Å². The van der Waals surface area contributed by atoms with Crippen LogP contribution in [0.3, 0.4) is 0 Å². The van der Waals surface area contributed by atoms with Crippen LogP contribution in [-0.4, -0.2) is 16.0 Å². The Bertz CT molecular complexity index is 568. The molecule has 2 rings (SSSR count). The van der Waals surface area contributed by atoms with Gasteiger partial charge in [0.2, 0.25) is 0 Å². The van der Waals surface area contributed by atoms with Gasteiger partial charge in [-0.2, -0.15) is 0 Å². The summed E-state index contributed by atoms with van der Waals surface area (Å²) in [5, 5.41) is 19.9. The van der Waals surface area contributed by atoms with Gasteiger partial charge in [-0.1, -0.05) is 24.3 Å². The largest absolute Gasteiger partial charge is 0.388 e.